The predicted octanol–water partition coefficient (Wildman–Crippen LogP) is 8.22. The zero-order valence-corrected chi connectivity index (χ0v) is 22.9. The van der Waals surface area contributed by atoms with E-state index in [2.05, 4.69) is 133 Å². The summed E-state index contributed by atoms with van der Waals surface area (Å²) >= 11 is 0. The lowest BCUT2D eigenvalue weighted by molar-refractivity contribution is 0.834. The number of nitrogens with zero attached hydrogens (tertiary/aromatic N) is 4. The molecule has 2 aromatic heterocycles. The van der Waals surface area contributed by atoms with Crippen molar-refractivity contribution in [2.24, 2.45) is 0 Å². The summed E-state index contributed by atoms with van der Waals surface area (Å²) in [5.74, 6) is 0. The highest BCUT2D eigenvalue weighted by Crippen LogP contribution is 2.31. The Kier molecular flexibility index (Phi) is 6.45. The maximum absolute atomic E-state index is 4.63. The van der Waals surface area contributed by atoms with Crippen molar-refractivity contribution in [1.29, 1.82) is 0 Å². The molecule has 0 saturated carbocycles. The second-order valence-electron chi connectivity index (χ2n) is 10.3. The van der Waals surface area contributed by atoms with Gasteiger partial charge in [0, 0.05) is 11.4 Å². The largest absolute Gasteiger partial charge is 0.238 e. The third-order valence-corrected chi connectivity index (χ3v) is 7.28. The first-order valence-electron chi connectivity index (χ1n) is 13.4. The van der Waals surface area contributed by atoms with Gasteiger partial charge in [-0.1, -0.05) is 72.8 Å². The van der Waals surface area contributed by atoms with Gasteiger partial charge in [0.1, 0.15) is 0 Å². The Bertz CT molecular complexity index is 1620. The van der Waals surface area contributed by atoms with Gasteiger partial charge < -0.3 is 0 Å². The van der Waals surface area contributed by atoms with Gasteiger partial charge in [-0.05, 0) is 104 Å². The summed E-state index contributed by atoms with van der Waals surface area (Å²) in [4.78, 5) is 0. The van der Waals surface area contributed by atoms with E-state index in [0.717, 1.165) is 40.6 Å². The van der Waals surface area contributed by atoms with Crippen molar-refractivity contribution < 1.29 is 0 Å². The average Bonchev–Trinajstić information content (AvgIpc) is 3.48. The van der Waals surface area contributed by atoms with Crippen molar-refractivity contribution in [1.82, 2.24) is 19.6 Å². The average molecular weight is 509 g/mol. The molecule has 39 heavy (non-hydrogen) atoms. The highest BCUT2D eigenvalue weighted by atomic mass is 15.3. The monoisotopic (exact) mass is 508 g/mol. The van der Waals surface area contributed by atoms with Crippen LogP contribution < -0.4 is 0 Å². The van der Waals surface area contributed by atoms with Gasteiger partial charge in [-0.25, -0.2) is 9.36 Å². The molecule has 0 radical (unpaired) electrons. The summed E-state index contributed by atoms with van der Waals surface area (Å²) < 4.78 is 4.00. The van der Waals surface area contributed by atoms with Crippen LogP contribution in [0.25, 0.3) is 33.6 Å². The van der Waals surface area contributed by atoms with Gasteiger partial charge in [0.25, 0.3) is 0 Å². The fraction of sp³-hybridized carbons (Fsp3) is 0.143. The van der Waals surface area contributed by atoms with E-state index in [4.69, 9.17) is 0 Å². The number of aryl methyl sites for hydroxylation is 4. The van der Waals surface area contributed by atoms with Crippen molar-refractivity contribution in [3.05, 3.63) is 143 Å². The lowest BCUT2D eigenvalue weighted by Gasteiger charge is -2.14. The number of hydrogen-bond acceptors (Lipinski definition) is 2. The lowest BCUT2D eigenvalue weighted by Crippen LogP contribution is -1.99. The molecule has 6 rings (SSSR count). The van der Waals surface area contributed by atoms with E-state index in [0.29, 0.717) is 0 Å². The SMILES string of the molecule is Cc1cc(C)n(-c2ccc(-c3ccccc3Cc3ccccc3-c3ccc(-n4nc(C)cc4C)cc3)cc2)n1. The highest BCUT2D eigenvalue weighted by Gasteiger charge is 2.12. The van der Waals surface area contributed by atoms with Crippen LogP contribution in [0.1, 0.15) is 33.9 Å². The van der Waals surface area contributed by atoms with Gasteiger partial charge in [-0.2, -0.15) is 10.2 Å². The summed E-state index contributed by atoms with van der Waals surface area (Å²) in [5, 5.41) is 9.27. The van der Waals surface area contributed by atoms with Crippen LogP contribution in [0.5, 0.6) is 0 Å². The summed E-state index contributed by atoms with van der Waals surface area (Å²) in [6, 6.07) is 39.1. The maximum Gasteiger partial charge on any atom is 0.0649 e. The van der Waals surface area contributed by atoms with E-state index in [1.165, 1.54) is 33.4 Å². The minimum atomic E-state index is 0.852. The first kappa shape index (κ1) is 24.6. The topological polar surface area (TPSA) is 35.6 Å². The van der Waals surface area contributed by atoms with E-state index < -0.39 is 0 Å². The van der Waals surface area contributed by atoms with Crippen molar-refractivity contribution in [2.45, 2.75) is 34.1 Å². The maximum atomic E-state index is 4.63. The van der Waals surface area contributed by atoms with Gasteiger partial charge in [-0.3, -0.25) is 0 Å². The van der Waals surface area contributed by atoms with E-state index >= 15 is 0 Å². The van der Waals surface area contributed by atoms with E-state index in [1.54, 1.807) is 0 Å². The second kappa shape index (κ2) is 10.2. The van der Waals surface area contributed by atoms with Gasteiger partial charge in [0.05, 0.1) is 22.8 Å². The molecule has 4 nitrogen and oxygen atoms in total. The molecule has 192 valence electrons. The van der Waals surface area contributed by atoms with Crippen LogP contribution in [0.2, 0.25) is 0 Å². The summed E-state index contributed by atoms with van der Waals surface area (Å²) in [6.45, 7) is 8.24. The van der Waals surface area contributed by atoms with Gasteiger partial charge in [-0.15, -0.1) is 0 Å². The molecule has 0 bridgehead atoms. The number of rotatable bonds is 6. The molecular weight excluding hydrogens is 476 g/mol. The van der Waals surface area contributed by atoms with Gasteiger partial charge in [0.2, 0.25) is 0 Å². The minimum Gasteiger partial charge on any atom is -0.238 e. The van der Waals surface area contributed by atoms with Gasteiger partial charge in [0.15, 0.2) is 0 Å². The van der Waals surface area contributed by atoms with Crippen LogP contribution in [0, 0.1) is 27.7 Å². The molecule has 4 heteroatoms. The van der Waals surface area contributed by atoms with Crippen molar-refractivity contribution in [2.75, 3.05) is 0 Å². The number of hydrogen-bond donors (Lipinski definition) is 0. The predicted molar refractivity (Wildman–Crippen MR) is 160 cm³/mol. The molecule has 0 unspecified atom stereocenters. The van der Waals surface area contributed by atoms with E-state index in [1.807, 2.05) is 23.2 Å². The standard InChI is InChI=1S/C35H32N4/c1-24-21-26(3)38(36-24)32-17-13-28(14-18-32)34-11-7-5-9-30(34)23-31-10-6-8-12-35(31)29-15-19-33(20-16-29)39-27(4)22-25(2)37-39/h5-22H,23H2,1-4H3. The molecular formula is C35H32N4. The van der Waals surface area contributed by atoms with E-state index in [9.17, 15) is 0 Å². The molecule has 0 N–H and O–H groups in total. The van der Waals surface area contributed by atoms with Crippen LogP contribution >= 0.6 is 0 Å². The Hall–Kier alpha value is -4.70. The minimum absolute atomic E-state index is 0.852. The quantitative estimate of drug-likeness (QED) is 0.227. The van der Waals surface area contributed by atoms with Crippen LogP contribution in [0.4, 0.5) is 0 Å². The Balaban J connectivity index is 1.30. The Labute approximate surface area is 230 Å². The summed E-state index contributed by atoms with van der Waals surface area (Å²) in [6.07, 6.45) is 0.852. The molecule has 0 amide bonds. The van der Waals surface area contributed by atoms with E-state index in [-0.39, 0.29) is 0 Å². The van der Waals surface area contributed by atoms with Gasteiger partial charge >= 0.3 is 0 Å². The molecule has 0 aliphatic heterocycles. The third kappa shape index (κ3) is 4.94. The molecule has 2 heterocycles. The summed E-state index contributed by atoms with van der Waals surface area (Å²) in [5.41, 5.74) is 14.0. The molecule has 4 aromatic carbocycles. The third-order valence-electron chi connectivity index (χ3n) is 7.28. The summed E-state index contributed by atoms with van der Waals surface area (Å²) in [7, 11) is 0. The van der Waals surface area contributed by atoms with Crippen LogP contribution in [-0.4, -0.2) is 19.6 Å². The normalized spacial score (nSPS) is 11.2. The Morgan fingerprint density at radius 2 is 0.872 bits per heavy atom. The molecule has 0 aliphatic rings. The zero-order chi connectivity index (χ0) is 26.9. The Morgan fingerprint density at radius 1 is 0.487 bits per heavy atom. The first-order chi connectivity index (χ1) is 19.0. The molecule has 0 atom stereocenters. The van der Waals surface area contributed by atoms with Crippen molar-refractivity contribution >= 4 is 0 Å². The molecule has 0 spiro atoms. The van der Waals surface area contributed by atoms with Crippen LogP contribution in [0.15, 0.2) is 109 Å². The fourth-order valence-electron chi connectivity index (χ4n) is 5.46. The molecule has 0 aliphatic carbocycles. The Morgan fingerprint density at radius 3 is 1.23 bits per heavy atom. The van der Waals surface area contributed by atoms with Crippen LogP contribution in [0.3, 0.4) is 0 Å². The fourth-order valence-corrected chi connectivity index (χ4v) is 5.46. The van der Waals surface area contributed by atoms with Crippen molar-refractivity contribution in [3.8, 4) is 33.6 Å². The smallest absolute Gasteiger partial charge is 0.0649 e. The first-order valence-corrected chi connectivity index (χ1v) is 13.4. The highest BCUT2D eigenvalue weighted by molar-refractivity contribution is 5.72. The van der Waals surface area contributed by atoms with Crippen molar-refractivity contribution in [3.63, 3.8) is 0 Å². The lowest BCUT2D eigenvalue weighted by atomic mass is 9.91. The molecule has 0 saturated heterocycles. The number of benzene rings is 4. The number of aromatic nitrogens is 4. The molecule has 0 fully saturated rings. The van der Waals surface area contributed by atoms with Crippen LogP contribution in [-0.2, 0) is 6.42 Å². The molecule has 6 aromatic rings. The second-order valence-corrected chi connectivity index (χ2v) is 10.3. The zero-order valence-electron chi connectivity index (χ0n) is 22.9.